The largest absolute Gasteiger partial charge is 0.472 e. The van der Waals surface area contributed by atoms with Crippen molar-refractivity contribution in [2.45, 2.75) is 44.3 Å². The van der Waals surface area contributed by atoms with Crippen LogP contribution in [0.5, 0.6) is 0 Å². The molecule has 3 heterocycles. The number of hydrogen-bond acceptors (Lipinski definition) is 10. The lowest BCUT2D eigenvalue weighted by Gasteiger charge is -2.17. The van der Waals surface area contributed by atoms with Gasteiger partial charge in [0.2, 0.25) is 0 Å². The number of alkyl halides is 1. The lowest BCUT2D eigenvalue weighted by molar-refractivity contribution is -0.117. The number of fused-ring (bicyclic) bond motifs is 1. The molecule has 3 rings (SSSR count). The number of hydrogen-bond donors (Lipinski definition) is 4. The number of carbonyl (C=O) groups excluding carboxylic acids is 1. The molecule has 0 saturated carbocycles. The first-order valence-electron chi connectivity index (χ1n) is 9.27. The Bertz CT molecular complexity index is 1040. The van der Waals surface area contributed by atoms with Gasteiger partial charge in [0.25, 0.3) is 5.56 Å². The van der Waals surface area contributed by atoms with Gasteiger partial charge in [0, 0.05) is 6.42 Å². The maximum absolute atomic E-state index is 12.0. The molecule has 0 amide bonds. The molecule has 5 atom stereocenters. The third-order valence-corrected chi connectivity index (χ3v) is 5.85. The summed E-state index contributed by atoms with van der Waals surface area (Å²) in [4.78, 5) is 43.4. The van der Waals surface area contributed by atoms with Crippen molar-refractivity contribution in [3.8, 4) is 0 Å². The number of aromatic amines is 1. The van der Waals surface area contributed by atoms with Crippen LogP contribution in [0.3, 0.4) is 0 Å². The van der Waals surface area contributed by atoms with Crippen LogP contribution in [0.4, 0.5) is 0 Å². The first-order chi connectivity index (χ1) is 14.6. The highest BCUT2D eigenvalue weighted by Gasteiger charge is 2.45. The van der Waals surface area contributed by atoms with Gasteiger partial charge in [-0.15, -0.1) is 11.6 Å². The number of aliphatic hydroxyl groups excluding tert-OH is 2. The summed E-state index contributed by atoms with van der Waals surface area (Å²) in [6, 6.07) is 0. The van der Waals surface area contributed by atoms with E-state index in [0.717, 1.165) is 0 Å². The number of nitrogens with one attached hydrogen (secondary N) is 1. The van der Waals surface area contributed by atoms with E-state index in [1.807, 2.05) is 0 Å². The summed E-state index contributed by atoms with van der Waals surface area (Å²) >= 11 is 5.36. The van der Waals surface area contributed by atoms with Crippen molar-refractivity contribution in [3.63, 3.8) is 0 Å². The zero-order chi connectivity index (χ0) is 22.8. The minimum absolute atomic E-state index is 0.0245. The predicted molar refractivity (Wildman–Crippen MR) is 105 cm³/mol. The van der Waals surface area contributed by atoms with Gasteiger partial charge in [-0.2, -0.15) is 0 Å². The summed E-state index contributed by atoms with van der Waals surface area (Å²) in [7, 11) is -4.49. The molecule has 1 unspecified atom stereocenters. The highest BCUT2D eigenvalue weighted by Crippen LogP contribution is 2.44. The van der Waals surface area contributed by atoms with Gasteiger partial charge < -0.3 is 24.8 Å². The molecule has 31 heavy (non-hydrogen) atoms. The second-order valence-electron chi connectivity index (χ2n) is 6.90. The van der Waals surface area contributed by atoms with E-state index in [9.17, 15) is 29.3 Å². The van der Waals surface area contributed by atoms with Crippen molar-refractivity contribution in [1.29, 1.82) is 0 Å². The van der Waals surface area contributed by atoms with Gasteiger partial charge in [0.15, 0.2) is 17.4 Å². The summed E-state index contributed by atoms with van der Waals surface area (Å²) in [5.41, 5.74) is -0.307. The van der Waals surface area contributed by atoms with Crippen LogP contribution in [-0.2, 0) is 23.1 Å². The molecule has 0 aromatic carbocycles. The number of Topliss-reactive ketones (excluding diaryl/α,β-unsaturated/α-hetero) is 1. The maximum atomic E-state index is 12.0. The summed E-state index contributed by atoms with van der Waals surface area (Å²) < 4.78 is 28.4. The van der Waals surface area contributed by atoms with Gasteiger partial charge in [-0.25, -0.2) is 14.5 Å². The molecule has 2 aromatic heterocycles. The molecule has 13 nitrogen and oxygen atoms in total. The number of phosphoric ester groups is 1. The van der Waals surface area contributed by atoms with Gasteiger partial charge in [-0.3, -0.25) is 23.2 Å². The minimum atomic E-state index is -4.49. The SMILES string of the molecule is Cc1nc2c(ncn2[C@@H]2O[C@H](COP(=O)(O)OCCCC(=O)CCl)[C@@H](O)[C@H]2O)c(=O)[nH]1. The Morgan fingerprint density at radius 1 is 1.39 bits per heavy atom. The zero-order valence-electron chi connectivity index (χ0n) is 16.4. The quantitative estimate of drug-likeness (QED) is 0.200. The fraction of sp³-hybridized carbons (Fsp3) is 0.625. The number of H-pyrrole nitrogens is 1. The van der Waals surface area contributed by atoms with E-state index in [0.29, 0.717) is 5.82 Å². The van der Waals surface area contributed by atoms with Crippen molar-refractivity contribution < 1.29 is 38.3 Å². The number of aliphatic hydroxyl groups is 2. The Morgan fingerprint density at radius 2 is 2.13 bits per heavy atom. The van der Waals surface area contributed by atoms with Crippen LogP contribution in [0.25, 0.3) is 11.2 Å². The fourth-order valence-electron chi connectivity index (χ4n) is 3.04. The fourth-order valence-corrected chi connectivity index (χ4v) is 3.94. The molecule has 2 aromatic rings. The molecule has 0 spiro atoms. The number of rotatable bonds is 10. The normalized spacial score (nSPS) is 25.7. The Labute approximate surface area is 180 Å². The number of aryl methyl sites for hydroxylation is 1. The molecule has 172 valence electrons. The molecule has 4 N–H and O–H groups in total. The van der Waals surface area contributed by atoms with Crippen LogP contribution in [0.15, 0.2) is 11.1 Å². The van der Waals surface area contributed by atoms with Crippen molar-refractivity contribution in [2.75, 3.05) is 19.1 Å². The Kier molecular flexibility index (Phi) is 7.60. The van der Waals surface area contributed by atoms with Crippen LogP contribution in [-0.4, -0.2) is 77.8 Å². The Morgan fingerprint density at radius 3 is 2.84 bits per heavy atom. The van der Waals surface area contributed by atoms with Crippen molar-refractivity contribution in [1.82, 2.24) is 19.5 Å². The number of aromatic nitrogens is 4. The third-order valence-electron chi connectivity index (χ3n) is 4.57. The number of carbonyl (C=O) groups is 1. The number of phosphoric acid groups is 1. The summed E-state index contributed by atoms with van der Waals surface area (Å²) in [6.45, 7) is 0.791. The molecule has 0 aliphatic carbocycles. The highest BCUT2D eigenvalue weighted by molar-refractivity contribution is 7.47. The van der Waals surface area contributed by atoms with Gasteiger partial charge in [0.1, 0.15) is 29.9 Å². The number of imidazole rings is 1. The number of halogens is 1. The lowest BCUT2D eigenvalue weighted by atomic mass is 10.1. The van der Waals surface area contributed by atoms with Gasteiger partial charge in [0.05, 0.1) is 25.4 Å². The third kappa shape index (κ3) is 5.57. The Balaban J connectivity index is 1.62. The van der Waals surface area contributed by atoms with Crippen molar-refractivity contribution >= 4 is 36.4 Å². The van der Waals surface area contributed by atoms with Crippen molar-refractivity contribution in [2.24, 2.45) is 0 Å². The van der Waals surface area contributed by atoms with Crippen LogP contribution in [0, 0.1) is 6.92 Å². The minimum Gasteiger partial charge on any atom is -0.387 e. The first-order valence-corrected chi connectivity index (χ1v) is 11.3. The standard InChI is InChI=1S/C16H22ClN4O9P/c1-8-19-14-11(15(25)20-8)18-7-21(14)16-13(24)12(23)10(30-16)6-29-31(26,27)28-4-2-3-9(22)5-17/h7,10,12-13,16,23-24H,2-6H2,1H3,(H,26,27)(H,19,20,25)/t10-,12-,13-,16-/m1/s1. The molecule has 0 bridgehead atoms. The van der Waals surface area contributed by atoms with Crippen LogP contribution < -0.4 is 5.56 Å². The zero-order valence-corrected chi connectivity index (χ0v) is 18.0. The molecule has 15 heteroatoms. The van der Waals surface area contributed by atoms with Crippen molar-refractivity contribution in [3.05, 3.63) is 22.5 Å². The van der Waals surface area contributed by atoms with Crippen LogP contribution >= 0.6 is 19.4 Å². The van der Waals surface area contributed by atoms with E-state index in [1.54, 1.807) is 6.92 Å². The average molecular weight is 481 g/mol. The van der Waals surface area contributed by atoms with Crippen LogP contribution in [0.1, 0.15) is 24.9 Å². The molecule has 0 radical (unpaired) electrons. The number of ketones is 1. The monoisotopic (exact) mass is 480 g/mol. The van der Waals surface area contributed by atoms with Gasteiger partial charge >= 0.3 is 7.82 Å². The summed E-state index contributed by atoms with van der Waals surface area (Å²) in [5, 5.41) is 20.6. The maximum Gasteiger partial charge on any atom is 0.472 e. The average Bonchev–Trinajstić information content (AvgIpc) is 3.25. The molecule has 1 saturated heterocycles. The first kappa shape index (κ1) is 24.0. The molecule has 1 aliphatic rings. The van der Waals surface area contributed by atoms with E-state index in [-0.39, 0.29) is 42.3 Å². The summed E-state index contributed by atoms with van der Waals surface area (Å²) in [6.07, 6.45) is -3.75. The second kappa shape index (κ2) is 9.84. The van der Waals surface area contributed by atoms with E-state index < -0.39 is 44.5 Å². The predicted octanol–water partition coefficient (Wildman–Crippen LogP) is -0.231. The topological polar surface area (TPSA) is 186 Å². The molecular formula is C16H22ClN4O9P. The smallest absolute Gasteiger partial charge is 0.387 e. The van der Waals surface area contributed by atoms with E-state index in [2.05, 4.69) is 15.0 Å². The van der Waals surface area contributed by atoms with E-state index >= 15 is 0 Å². The van der Waals surface area contributed by atoms with Gasteiger partial charge in [-0.1, -0.05) is 0 Å². The highest BCUT2D eigenvalue weighted by atomic mass is 35.5. The van der Waals surface area contributed by atoms with Crippen LogP contribution in [0.2, 0.25) is 0 Å². The summed E-state index contributed by atoms with van der Waals surface area (Å²) in [5.74, 6) is -0.0537. The molecule has 1 aliphatic heterocycles. The van der Waals surface area contributed by atoms with Gasteiger partial charge in [-0.05, 0) is 13.3 Å². The number of nitrogens with zero attached hydrogens (tertiary/aromatic N) is 3. The molecular weight excluding hydrogens is 459 g/mol. The lowest BCUT2D eigenvalue weighted by Crippen LogP contribution is -2.33. The van der Waals surface area contributed by atoms with E-state index in [1.165, 1.54) is 10.9 Å². The molecule has 1 fully saturated rings. The van der Waals surface area contributed by atoms with E-state index in [4.69, 9.17) is 25.4 Å². The Hall–Kier alpha value is -1.70. The second-order valence-corrected chi connectivity index (χ2v) is 8.62. The number of ether oxygens (including phenoxy) is 1.